The van der Waals surface area contributed by atoms with Gasteiger partial charge in [-0.3, -0.25) is 9.10 Å². The lowest BCUT2D eigenvalue weighted by molar-refractivity contribution is -0.142. The van der Waals surface area contributed by atoms with Crippen LogP contribution in [0.5, 0.6) is 0 Å². The normalized spacial score (nSPS) is 13.6. The van der Waals surface area contributed by atoms with Crippen LogP contribution in [0.15, 0.2) is 59.5 Å². The quantitative estimate of drug-likeness (QED) is 0.564. The number of benzene rings is 2. The van der Waals surface area contributed by atoms with Gasteiger partial charge in [0.05, 0.1) is 10.6 Å². The van der Waals surface area contributed by atoms with Crippen molar-refractivity contribution < 1.29 is 22.7 Å². The number of carbonyl (C=O) groups is 2. The summed E-state index contributed by atoms with van der Waals surface area (Å²) < 4.78 is 32.0. The second-order valence-electron chi connectivity index (χ2n) is 6.17. The summed E-state index contributed by atoms with van der Waals surface area (Å²) in [6, 6.07) is 13.7. The van der Waals surface area contributed by atoms with Gasteiger partial charge in [-0.1, -0.05) is 30.3 Å². The number of para-hydroxylation sites is 1. The first-order valence-electron chi connectivity index (χ1n) is 8.43. The minimum atomic E-state index is -3.64. The van der Waals surface area contributed by atoms with Crippen molar-refractivity contribution in [3.63, 3.8) is 0 Å². The maximum atomic E-state index is 12.9. The topological polar surface area (TPSA) is 80.8 Å². The number of ether oxygens (including phenoxy) is 1. The van der Waals surface area contributed by atoms with Crippen molar-refractivity contribution in [2.75, 3.05) is 17.5 Å². The number of fused-ring (bicyclic) bond motifs is 1. The third kappa shape index (κ3) is 4.25. The Morgan fingerprint density at radius 1 is 1.11 bits per heavy atom. The smallest absolute Gasteiger partial charge is 0.331 e. The molecule has 2 aromatic rings. The summed E-state index contributed by atoms with van der Waals surface area (Å²) in [6.45, 7) is 1.48. The number of rotatable bonds is 6. The van der Waals surface area contributed by atoms with E-state index < -0.39 is 16.0 Å². The van der Waals surface area contributed by atoms with Crippen molar-refractivity contribution in [2.45, 2.75) is 18.2 Å². The number of esters is 1. The third-order valence-corrected chi connectivity index (χ3v) is 5.97. The van der Waals surface area contributed by atoms with Gasteiger partial charge in [0, 0.05) is 12.6 Å². The minimum absolute atomic E-state index is 0.190. The maximum Gasteiger partial charge on any atom is 0.331 e. The summed E-state index contributed by atoms with van der Waals surface area (Å²) in [7, 11) is -3.64. The average Bonchev–Trinajstić information content (AvgIpc) is 3.10. The highest BCUT2D eigenvalue weighted by atomic mass is 32.2. The van der Waals surface area contributed by atoms with Crippen LogP contribution < -0.4 is 4.31 Å². The molecule has 0 saturated carbocycles. The van der Waals surface area contributed by atoms with Gasteiger partial charge in [-0.05, 0) is 48.7 Å². The largest absolute Gasteiger partial charge is 0.455 e. The molecule has 3 rings (SSSR count). The molecule has 0 aliphatic carbocycles. The number of sulfonamides is 1. The van der Waals surface area contributed by atoms with Crippen molar-refractivity contribution in [3.05, 3.63) is 65.7 Å². The van der Waals surface area contributed by atoms with Crippen molar-refractivity contribution >= 4 is 33.5 Å². The van der Waals surface area contributed by atoms with Gasteiger partial charge >= 0.3 is 5.97 Å². The second kappa shape index (κ2) is 7.75. The Hall–Kier alpha value is -2.93. The molecule has 0 saturated heterocycles. The molecule has 7 heteroatoms. The molecule has 0 unspecified atom stereocenters. The Morgan fingerprint density at radius 2 is 1.81 bits per heavy atom. The molecule has 0 radical (unpaired) electrons. The molecule has 1 heterocycles. The molecule has 2 aromatic carbocycles. The zero-order valence-corrected chi connectivity index (χ0v) is 15.6. The van der Waals surface area contributed by atoms with Crippen LogP contribution >= 0.6 is 0 Å². The number of anilines is 1. The van der Waals surface area contributed by atoms with Gasteiger partial charge in [0.2, 0.25) is 0 Å². The van der Waals surface area contributed by atoms with Gasteiger partial charge in [0.25, 0.3) is 10.0 Å². The minimum Gasteiger partial charge on any atom is -0.455 e. The SMILES string of the molecule is CC(=O)COC(=O)/C=C/c1ccc(S(=O)(=O)N2CCc3ccccc32)cc1. The van der Waals surface area contributed by atoms with Crippen LogP contribution in [0, 0.1) is 0 Å². The lowest BCUT2D eigenvalue weighted by atomic mass is 10.2. The third-order valence-electron chi connectivity index (χ3n) is 4.14. The van der Waals surface area contributed by atoms with Crippen LogP contribution in [0.4, 0.5) is 5.69 Å². The molecular formula is C20H19NO5S. The van der Waals surface area contributed by atoms with Crippen LogP contribution in [0.1, 0.15) is 18.1 Å². The first kappa shape index (κ1) is 18.8. The summed E-state index contributed by atoms with van der Waals surface area (Å²) >= 11 is 0. The standard InChI is InChI=1S/C20H19NO5S/c1-15(22)14-26-20(23)11-8-16-6-9-18(10-7-16)27(24,25)21-13-12-17-4-2-3-5-19(17)21/h2-11H,12-14H2,1H3/b11-8+. The highest BCUT2D eigenvalue weighted by Gasteiger charge is 2.30. The van der Waals surface area contributed by atoms with E-state index in [1.807, 2.05) is 24.3 Å². The summed E-state index contributed by atoms with van der Waals surface area (Å²) in [5.41, 5.74) is 2.38. The first-order chi connectivity index (χ1) is 12.9. The zero-order valence-electron chi connectivity index (χ0n) is 14.8. The fraction of sp³-hybridized carbons (Fsp3) is 0.200. The second-order valence-corrected chi connectivity index (χ2v) is 8.03. The Kier molecular flexibility index (Phi) is 5.41. The van der Waals surface area contributed by atoms with E-state index in [1.165, 1.54) is 35.5 Å². The van der Waals surface area contributed by atoms with Crippen molar-refractivity contribution in [3.8, 4) is 0 Å². The Labute approximate surface area is 158 Å². The van der Waals surface area contributed by atoms with Crippen molar-refractivity contribution in [1.82, 2.24) is 0 Å². The van der Waals surface area contributed by atoms with E-state index in [-0.39, 0.29) is 17.3 Å². The van der Waals surface area contributed by atoms with Crippen molar-refractivity contribution in [2.24, 2.45) is 0 Å². The highest BCUT2D eigenvalue weighted by molar-refractivity contribution is 7.92. The summed E-state index contributed by atoms with van der Waals surface area (Å²) in [5.74, 6) is -0.870. The van der Waals surface area contributed by atoms with E-state index in [1.54, 1.807) is 12.1 Å². The molecular weight excluding hydrogens is 366 g/mol. The molecule has 1 aliphatic heterocycles. The molecule has 6 nitrogen and oxygen atoms in total. The fourth-order valence-corrected chi connectivity index (χ4v) is 4.32. The van der Waals surface area contributed by atoms with Gasteiger partial charge in [0.1, 0.15) is 6.61 Å². The molecule has 0 atom stereocenters. The van der Waals surface area contributed by atoms with E-state index in [0.29, 0.717) is 18.5 Å². The van der Waals surface area contributed by atoms with E-state index in [2.05, 4.69) is 0 Å². The average molecular weight is 385 g/mol. The molecule has 0 aromatic heterocycles. The van der Waals surface area contributed by atoms with Gasteiger partial charge in [0.15, 0.2) is 5.78 Å². The van der Waals surface area contributed by atoms with E-state index in [0.717, 1.165) is 11.3 Å². The van der Waals surface area contributed by atoms with Gasteiger partial charge < -0.3 is 4.74 Å². The number of hydrogen-bond acceptors (Lipinski definition) is 5. The zero-order chi connectivity index (χ0) is 19.4. The highest BCUT2D eigenvalue weighted by Crippen LogP contribution is 2.32. The summed E-state index contributed by atoms with van der Waals surface area (Å²) in [5, 5.41) is 0. The fourth-order valence-electron chi connectivity index (χ4n) is 2.82. The molecule has 0 fully saturated rings. The Morgan fingerprint density at radius 3 is 2.52 bits per heavy atom. The Balaban J connectivity index is 1.74. The molecule has 0 N–H and O–H groups in total. The van der Waals surface area contributed by atoms with Crippen LogP contribution in [-0.2, 0) is 30.8 Å². The van der Waals surface area contributed by atoms with E-state index in [4.69, 9.17) is 4.74 Å². The molecule has 0 bridgehead atoms. The van der Waals surface area contributed by atoms with Gasteiger partial charge in [-0.2, -0.15) is 0 Å². The first-order valence-corrected chi connectivity index (χ1v) is 9.87. The lowest BCUT2D eigenvalue weighted by Gasteiger charge is -2.19. The van der Waals surface area contributed by atoms with Crippen LogP contribution in [-0.4, -0.2) is 33.3 Å². The van der Waals surface area contributed by atoms with Crippen molar-refractivity contribution in [1.29, 1.82) is 0 Å². The number of Topliss-reactive ketones (excluding diaryl/α,β-unsaturated/α-hetero) is 1. The van der Waals surface area contributed by atoms with Gasteiger partial charge in [-0.15, -0.1) is 0 Å². The van der Waals surface area contributed by atoms with E-state index >= 15 is 0 Å². The molecule has 140 valence electrons. The number of ketones is 1. The molecule has 0 amide bonds. The molecule has 0 spiro atoms. The monoisotopic (exact) mass is 385 g/mol. The predicted octanol–water partition coefficient (Wildman–Crippen LogP) is 2.58. The predicted molar refractivity (Wildman–Crippen MR) is 102 cm³/mol. The number of hydrogen-bond donors (Lipinski definition) is 0. The van der Waals surface area contributed by atoms with Crippen LogP contribution in [0.3, 0.4) is 0 Å². The van der Waals surface area contributed by atoms with Gasteiger partial charge in [-0.25, -0.2) is 13.2 Å². The molecule has 1 aliphatic rings. The van der Waals surface area contributed by atoms with E-state index in [9.17, 15) is 18.0 Å². The van der Waals surface area contributed by atoms with Crippen LogP contribution in [0.25, 0.3) is 6.08 Å². The van der Waals surface area contributed by atoms with Crippen LogP contribution in [0.2, 0.25) is 0 Å². The number of nitrogens with zero attached hydrogens (tertiary/aromatic N) is 1. The lowest BCUT2D eigenvalue weighted by Crippen LogP contribution is -2.29. The summed E-state index contributed by atoms with van der Waals surface area (Å²) in [6.07, 6.45) is 3.39. The number of carbonyl (C=O) groups excluding carboxylic acids is 2. The maximum absolute atomic E-state index is 12.9. The summed E-state index contributed by atoms with van der Waals surface area (Å²) in [4.78, 5) is 22.4. The molecule has 27 heavy (non-hydrogen) atoms. The Bertz CT molecular complexity index is 993.